The summed E-state index contributed by atoms with van der Waals surface area (Å²) in [6, 6.07) is 0. The van der Waals surface area contributed by atoms with Crippen molar-refractivity contribution >= 4 is 17.7 Å². The monoisotopic (exact) mass is 260 g/mol. The predicted molar refractivity (Wildman–Crippen MR) is 81.2 cm³/mol. The van der Waals surface area contributed by atoms with Crippen LogP contribution in [0.2, 0.25) is 5.04 Å². The summed E-state index contributed by atoms with van der Waals surface area (Å²) in [5.74, 6) is 0. The Bertz CT molecular complexity index is 215. The smallest absolute Gasteiger partial charge is 0.181 e. The van der Waals surface area contributed by atoms with Crippen molar-refractivity contribution < 1.29 is 0 Å². The van der Waals surface area contributed by atoms with Crippen molar-refractivity contribution in [3.05, 3.63) is 0 Å². The van der Waals surface area contributed by atoms with Gasteiger partial charge in [0.25, 0.3) is 0 Å². The zero-order chi connectivity index (χ0) is 13.4. The first-order valence-corrected chi connectivity index (χ1v) is 11.8. The lowest BCUT2D eigenvalue weighted by Crippen LogP contribution is -2.76. The maximum Gasteiger partial charge on any atom is 0.181 e. The van der Waals surface area contributed by atoms with Crippen LogP contribution in [0.5, 0.6) is 0 Å². The van der Waals surface area contributed by atoms with Gasteiger partial charge >= 0.3 is 0 Å². The standard InChI is InChI=1S/C12H32N2Si2/c1-10(2,3)13-16(15,12(7,8)9)14-11(4,5)6/h13-14H,1-9,15H3. The summed E-state index contributed by atoms with van der Waals surface area (Å²) >= 11 is 0. The van der Waals surface area contributed by atoms with Gasteiger partial charge in [-0.05, 0) is 46.6 Å². The molecule has 98 valence electrons. The van der Waals surface area contributed by atoms with Gasteiger partial charge in [0, 0.05) is 20.8 Å². The summed E-state index contributed by atoms with van der Waals surface area (Å²) in [6.07, 6.45) is 0. The van der Waals surface area contributed by atoms with E-state index in [1.165, 1.54) is 9.76 Å². The van der Waals surface area contributed by atoms with Gasteiger partial charge in [-0.1, -0.05) is 20.8 Å². The zero-order valence-electron chi connectivity index (χ0n) is 13.0. The Labute approximate surface area is 106 Å². The minimum Gasteiger partial charge on any atom is -0.323 e. The Hall–Kier alpha value is 0.354. The van der Waals surface area contributed by atoms with Gasteiger partial charge in [-0.3, -0.25) is 0 Å². The highest BCUT2D eigenvalue weighted by Crippen LogP contribution is 2.32. The van der Waals surface area contributed by atoms with Gasteiger partial charge in [-0.2, -0.15) is 0 Å². The third-order valence-corrected chi connectivity index (χ3v) is 14.2. The van der Waals surface area contributed by atoms with Crippen molar-refractivity contribution in [2.24, 2.45) is 0 Å². The summed E-state index contributed by atoms with van der Waals surface area (Å²) < 4.78 is 0. The minimum absolute atomic E-state index is 0.194. The fraction of sp³-hybridized carbons (Fsp3) is 1.00. The number of hydrogen-bond donors (Lipinski definition) is 2. The van der Waals surface area contributed by atoms with Gasteiger partial charge < -0.3 is 9.96 Å². The first-order chi connectivity index (χ1) is 6.66. The lowest BCUT2D eigenvalue weighted by molar-refractivity contribution is 0.447. The molecule has 0 heterocycles. The molecule has 0 saturated carbocycles. The summed E-state index contributed by atoms with van der Waals surface area (Å²) in [4.78, 5) is 7.84. The molecule has 0 aromatic rings. The summed E-state index contributed by atoms with van der Waals surface area (Å²) in [5, 5.41) is 0.347. The SMILES string of the molecule is CC(C)(C)N[Si]([SiH3])(NC(C)(C)C)C(C)(C)C. The average Bonchev–Trinajstić information content (AvgIpc) is 1.72. The quantitative estimate of drug-likeness (QED) is 0.741. The first kappa shape index (κ1) is 16.4. The predicted octanol–water partition coefficient (Wildman–Crippen LogP) is 1.87. The van der Waals surface area contributed by atoms with Crippen LogP contribution >= 0.6 is 0 Å². The van der Waals surface area contributed by atoms with Crippen LogP contribution in [0, 0.1) is 0 Å². The average molecular weight is 261 g/mol. The van der Waals surface area contributed by atoms with E-state index in [0.29, 0.717) is 5.04 Å². The molecule has 0 radical (unpaired) electrons. The lowest BCUT2D eigenvalue weighted by atomic mass is 10.1. The number of hydrogen-bond acceptors (Lipinski definition) is 2. The van der Waals surface area contributed by atoms with E-state index in [1.807, 2.05) is 0 Å². The summed E-state index contributed by atoms with van der Waals surface area (Å²) in [7, 11) is -0.377. The van der Waals surface area contributed by atoms with Crippen molar-refractivity contribution in [2.45, 2.75) is 78.4 Å². The van der Waals surface area contributed by atoms with Crippen LogP contribution in [-0.4, -0.2) is 28.8 Å². The fourth-order valence-electron chi connectivity index (χ4n) is 1.91. The van der Waals surface area contributed by atoms with E-state index in [4.69, 9.17) is 0 Å². The number of nitrogens with one attached hydrogen (secondary N) is 2. The molecule has 0 rings (SSSR count). The van der Waals surface area contributed by atoms with E-state index in [-0.39, 0.29) is 11.1 Å². The molecule has 0 aromatic heterocycles. The maximum absolute atomic E-state index is 3.92. The summed E-state index contributed by atoms with van der Waals surface area (Å²) in [6.45, 7) is 20.7. The van der Waals surface area contributed by atoms with Crippen molar-refractivity contribution in [1.29, 1.82) is 0 Å². The third-order valence-electron chi connectivity index (χ3n) is 2.75. The molecular formula is C12H32N2Si2. The van der Waals surface area contributed by atoms with Crippen LogP contribution in [0.3, 0.4) is 0 Å². The van der Waals surface area contributed by atoms with Gasteiger partial charge in [0.15, 0.2) is 7.91 Å². The second kappa shape index (κ2) is 4.55. The van der Waals surface area contributed by atoms with Gasteiger partial charge in [0.2, 0.25) is 0 Å². The molecular weight excluding hydrogens is 228 g/mol. The molecule has 0 amide bonds. The molecule has 0 aromatic carbocycles. The normalized spacial score (nSPS) is 15.6. The Morgan fingerprint density at radius 1 is 0.688 bits per heavy atom. The molecule has 0 bridgehead atoms. The van der Waals surface area contributed by atoms with E-state index in [1.54, 1.807) is 0 Å². The Morgan fingerprint density at radius 3 is 1.06 bits per heavy atom. The van der Waals surface area contributed by atoms with Crippen LogP contribution in [0.1, 0.15) is 62.3 Å². The van der Waals surface area contributed by atoms with Crippen LogP contribution < -0.4 is 9.96 Å². The molecule has 0 fully saturated rings. The summed E-state index contributed by atoms with van der Waals surface area (Å²) in [5.41, 5.74) is 0.388. The van der Waals surface area contributed by atoms with Crippen LogP contribution in [0.4, 0.5) is 0 Å². The van der Waals surface area contributed by atoms with Crippen LogP contribution in [0.25, 0.3) is 0 Å². The molecule has 0 spiro atoms. The third kappa shape index (κ3) is 5.61. The second-order valence-corrected chi connectivity index (χ2v) is 16.9. The molecule has 0 unspecified atom stereocenters. The molecule has 0 atom stereocenters. The fourth-order valence-corrected chi connectivity index (χ4v) is 10.2. The van der Waals surface area contributed by atoms with Crippen molar-refractivity contribution in [3.63, 3.8) is 0 Å². The van der Waals surface area contributed by atoms with Crippen LogP contribution in [0.15, 0.2) is 0 Å². The molecule has 16 heavy (non-hydrogen) atoms. The zero-order valence-corrected chi connectivity index (χ0v) is 16.0. The molecule has 4 heteroatoms. The first-order valence-electron chi connectivity index (χ1n) is 6.25. The van der Waals surface area contributed by atoms with Crippen LogP contribution in [-0.2, 0) is 0 Å². The lowest BCUT2D eigenvalue weighted by Gasteiger charge is -2.49. The molecule has 0 aliphatic carbocycles. The van der Waals surface area contributed by atoms with Crippen molar-refractivity contribution in [1.82, 2.24) is 9.96 Å². The van der Waals surface area contributed by atoms with Gasteiger partial charge in [-0.15, -0.1) is 0 Å². The molecule has 2 nitrogen and oxygen atoms in total. The largest absolute Gasteiger partial charge is 0.323 e. The maximum atomic E-state index is 3.92. The Balaban J connectivity index is 5.07. The van der Waals surface area contributed by atoms with Crippen molar-refractivity contribution in [3.8, 4) is 0 Å². The highest BCUT2D eigenvalue weighted by Gasteiger charge is 2.44. The highest BCUT2D eigenvalue weighted by molar-refractivity contribution is 7.16. The van der Waals surface area contributed by atoms with Crippen molar-refractivity contribution in [2.75, 3.05) is 0 Å². The Morgan fingerprint density at radius 2 is 0.938 bits per heavy atom. The molecule has 0 aliphatic rings. The number of rotatable bonds is 2. The minimum atomic E-state index is -1.58. The second-order valence-electron chi connectivity index (χ2n) is 8.12. The van der Waals surface area contributed by atoms with Gasteiger partial charge in [0.1, 0.15) is 0 Å². The molecule has 0 aliphatic heterocycles. The molecule has 0 saturated heterocycles. The van der Waals surface area contributed by atoms with E-state index >= 15 is 0 Å². The highest BCUT2D eigenvalue weighted by atomic mass is 29.2. The van der Waals surface area contributed by atoms with E-state index in [9.17, 15) is 0 Å². The van der Waals surface area contributed by atoms with Gasteiger partial charge in [-0.25, -0.2) is 0 Å². The topological polar surface area (TPSA) is 24.1 Å². The van der Waals surface area contributed by atoms with E-state index in [0.717, 1.165) is 0 Å². The van der Waals surface area contributed by atoms with Gasteiger partial charge in [0.05, 0.1) is 0 Å². The van der Waals surface area contributed by atoms with E-state index < -0.39 is 7.91 Å². The Kier molecular flexibility index (Phi) is 4.66. The van der Waals surface area contributed by atoms with E-state index in [2.05, 4.69) is 72.3 Å². The molecule has 2 N–H and O–H groups in total.